The predicted octanol–water partition coefficient (Wildman–Crippen LogP) is 1.97. The molecule has 0 spiro atoms. The van der Waals surface area contributed by atoms with Gasteiger partial charge in [-0.15, -0.1) is 0 Å². The third-order valence-electron chi connectivity index (χ3n) is 2.61. The van der Waals surface area contributed by atoms with Gasteiger partial charge < -0.3 is 16.2 Å². The van der Waals surface area contributed by atoms with Gasteiger partial charge in [-0.3, -0.25) is 4.79 Å². The van der Waals surface area contributed by atoms with Crippen molar-refractivity contribution in [1.29, 1.82) is 0 Å². The number of nitrogens with one attached hydrogen (secondary N) is 1. The normalized spacial score (nSPS) is 12.3. The molecular formula is C13H16F2N2O3. The molecule has 0 fully saturated rings. The zero-order valence-corrected chi connectivity index (χ0v) is 11.1. The molecule has 1 amide bonds. The lowest BCUT2D eigenvalue weighted by Crippen LogP contribution is -2.37. The number of carbonyl (C=O) groups excluding carboxylic acids is 1. The summed E-state index contributed by atoms with van der Waals surface area (Å²) in [6, 6.07) is 0.282. The molecule has 0 aliphatic rings. The second kappa shape index (κ2) is 6.42. The Morgan fingerprint density at radius 2 is 1.85 bits per heavy atom. The highest BCUT2D eigenvalue weighted by Crippen LogP contribution is 2.20. The highest BCUT2D eigenvalue weighted by atomic mass is 19.2. The maximum Gasteiger partial charge on any atom is 0.337 e. The summed E-state index contributed by atoms with van der Waals surface area (Å²) in [5.74, 6) is -4.50. The number of carboxylic acids is 1. The monoisotopic (exact) mass is 286 g/mol. The molecule has 0 heterocycles. The number of anilines is 1. The molecule has 5 nitrogen and oxygen atoms in total. The quantitative estimate of drug-likeness (QED) is 0.771. The molecule has 7 heteroatoms. The number of halogens is 2. The van der Waals surface area contributed by atoms with Gasteiger partial charge in [0.1, 0.15) is 0 Å². The van der Waals surface area contributed by atoms with Gasteiger partial charge in [-0.1, -0.05) is 13.8 Å². The van der Waals surface area contributed by atoms with E-state index in [1.165, 1.54) is 0 Å². The van der Waals surface area contributed by atoms with Crippen molar-refractivity contribution in [2.24, 2.45) is 11.7 Å². The first-order chi connectivity index (χ1) is 9.22. The topological polar surface area (TPSA) is 92.4 Å². The summed E-state index contributed by atoms with van der Waals surface area (Å²) in [5.41, 5.74) is 4.78. The molecule has 1 aromatic carbocycles. The summed E-state index contributed by atoms with van der Waals surface area (Å²) in [7, 11) is 0. The summed E-state index contributed by atoms with van der Waals surface area (Å²) in [6.07, 6.45) is 0.387. The zero-order chi connectivity index (χ0) is 15.4. The molecule has 0 aliphatic heterocycles. The molecule has 1 rings (SSSR count). The first kappa shape index (κ1) is 16.0. The summed E-state index contributed by atoms with van der Waals surface area (Å²) < 4.78 is 26.1. The van der Waals surface area contributed by atoms with E-state index in [2.05, 4.69) is 5.32 Å². The summed E-state index contributed by atoms with van der Waals surface area (Å²) in [5, 5.41) is 11.1. The van der Waals surface area contributed by atoms with Gasteiger partial charge in [-0.05, 0) is 18.4 Å². The second-order valence-corrected chi connectivity index (χ2v) is 4.84. The van der Waals surface area contributed by atoms with E-state index < -0.39 is 35.1 Å². The van der Waals surface area contributed by atoms with Crippen molar-refractivity contribution in [3.8, 4) is 0 Å². The molecule has 0 saturated carbocycles. The highest BCUT2D eigenvalue weighted by molar-refractivity contribution is 6.02. The molecular weight excluding hydrogens is 270 g/mol. The fourth-order valence-corrected chi connectivity index (χ4v) is 1.67. The van der Waals surface area contributed by atoms with Gasteiger partial charge in [0, 0.05) is 6.07 Å². The fraction of sp³-hybridized carbons (Fsp3) is 0.385. The number of nitrogens with two attached hydrogens (primary N) is 1. The van der Waals surface area contributed by atoms with Crippen LogP contribution in [0.5, 0.6) is 0 Å². The molecule has 0 radical (unpaired) electrons. The summed E-state index contributed by atoms with van der Waals surface area (Å²) in [6.45, 7) is 3.74. The molecule has 1 aromatic rings. The van der Waals surface area contributed by atoms with Crippen LogP contribution in [0.4, 0.5) is 14.5 Å². The fourth-order valence-electron chi connectivity index (χ4n) is 1.67. The predicted molar refractivity (Wildman–Crippen MR) is 69.4 cm³/mol. The Labute approximate surface area is 114 Å². The summed E-state index contributed by atoms with van der Waals surface area (Å²) >= 11 is 0. The number of carbonyl (C=O) groups is 2. The minimum atomic E-state index is -1.48. The lowest BCUT2D eigenvalue weighted by Gasteiger charge is -2.15. The zero-order valence-electron chi connectivity index (χ0n) is 11.1. The van der Waals surface area contributed by atoms with E-state index in [0.717, 1.165) is 0 Å². The van der Waals surface area contributed by atoms with E-state index in [-0.39, 0.29) is 11.6 Å². The molecule has 1 atom stereocenters. The summed E-state index contributed by atoms with van der Waals surface area (Å²) in [4.78, 5) is 22.7. The van der Waals surface area contributed by atoms with Crippen LogP contribution in [0.15, 0.2) is 12.1 Å². The smallest absolute Gasteiger partial charge is 0.337 e. The van der Waals surface area contributed by atoms with E-state index in [1.807, 2.05) is 13.8 Å². The molecule has 110 valence electrons. The van der Waals surface area contributed by atoms with Crippen LogP contribution in [0.3, 0.4) is 0 Å². The molecule has 0 saturated heterocycles. The van der Waals surface area contributed by atoms with Crippen molar-refractivity contribution < 1.29 is 23.5 Å². The van der Waals surface area contributed by atoms with Crippen molar-refractivity contribution in [2.75, 3.05) is 5.32 Å². The number of aromatic carboxylic acids is 1. The van der Waals surface area contributed by atoms with Gasteiger partial charge in [0.05, 0.1) is 17.3 Å². The molecule has 4 N–H and O–H groups in total. The average molecular weight is 286 g/mol. The lowest BCUT2D eigenvalue weighted by molar-refractivity contribution is -0.117. The third-order valence-corrected chi connectivity index (χ3v) is 2.61. The minimum Gasteiger partial charge on any atom is -0.478 e. The van der Waals surface area contributed by atoms with Crippen molar-refractivity contribution >= 4 is 17.6 Å². The van der Waals surface area contributed by atoms with Gasteiger partial charge in [0.2, 0.25) is 5.91 Å². The third kappa shape index (κ3) is 3.99. The van der Waals surface area contributed by atoms with E-state index in [0.29, 0.717) is 18.6 Å². The van der Waals surface area contributed by atoms with Crippen LogP contribution in [0.2, 0.25) is 0 Å². The van der Waals surface area contributed by atoms with Gasteiger partial charge in [0.15, 0.2) is 11.6 Å². The maximum absolute atomic E-state index is 13.1. The van der Waals surface area contributed by atoms with Crippen molar-refractivity contribution in [1.82, 2.24) is 0 Å². The van der Waals surface area contributed by atoms with Crippen LogP contribution in [0, 0.1) is 17.6 Å². The molecule has 0 bridgehead atoms. The van der Waals surface area contributed by atoms with Gasteiger partial charge in [-0.2, -0.15) is 0 Å². The van der Waals surface area contributed by atoms with E-state index in [1.54, 1.807) is 0 Å². The minimum absolute atomic E-state index is 0.166. The number of benzene rings is 1. The number of hydrogen-bond acceptors (Lipinski definition) is 3. The Kier molecular flexibility index (Phi) is 5.15. The van der Waals surface area contributed by atoms with Crippen LogP contribution in [-0.4, -0.2) is 23.0 Å². The van der Waals surface area contributed by atoms with E-state index in [9.17, 15) is 18.4 Å². The van der Waals surface area contributed by atoms with Gasteiger partial charge >= 0.3 is 5.97 Å². The Morgan fingerprint density at radius 3 is 2.35 bits per heavy atom. The first-order valence-electron chi connectivity index (χ1n) is 6.01. The van der Waals surface area contributed by atoms with Crippen LogP contribution in [-0.2, 0) is 4.79 Å². The van der Waals surface area contributed by atoms with Crippen molar-refractivity contribution in [3.05, 3.63) is 29.3 Å². The SMILES string of the molecule is CC(C)C[C@H](N)C(=O)Nc1cc(F)c(F)cc1C(=O)O. The largest absolute Gasteiger partial charge is 0.478 e. The highest BCUT2D eigenvalue weighted by Gasteiger charge is 2.20. The Hall–Kier alpha value is -2.02. The van der Waals surface area contributed by atoms with Crippen LogP contribution < -0.4 is 11.1 Å². The molecule has 0 unspecified atom stereocenters. The number of carboxylic acid groups (broad SMARTS) is 1. The van der Waals surface area contributed by atoms with Gasteiger partial charge in [-0.25, -0.2) is 13.6 Å². The van der Waals surface area contributed by atoms with Crippen LogP contribution in [0.25, 0.3) is 0 Å². The standard InChI is InChI=1S/C13H16F2N2O3/c1-6(2)3-10(16)12(18)17-11-5-9(15)8(14)4-7(11)13(19)20/h4-6,10H,3,16H2,1-2H3,(H,17,18)(H,19,20)/t10-/m0/s1. The molecule has 20 heavy (non-hydrogen) atoms. The Morgan fingerprint density at radius 1 is 1.30 bits per heavy atom. The number of hydrogen-bond donors (Lipinski definition) is 3. The number of amides is 1. The molecule has 0 aliphatic carbocycles. The Bertz CT molecular complexity index is 533. The van der Waals surface area contributed by atoms with Crippen molar-refractivity contribution in [2.45, 2.75) is 26.3 Å². The van der Waals surface area contributed by atoms with E-state index >= 15 is 0 Å². The Balaban J connectivity index is 2.99. The average Bonchev–Trinajstić information content (AvgIpc) is 2.32. The van der Waals surface area contributed by atoms with E-state index in [4.69, 9.17) is 10.8 Å². The van der Waals surface area contributed by atoms with Crippen LogP contribution in [0.1, 0.15) is 30.6 Å². The molecule has 0 aromatic heterocycles. The van der Waals surface area contributed by atoms with Crippen molar-refractivity contribution in [3.63, 3.8) is 0 Å². The first-order valence-corrected chi connectivity index (χ1v) is 6.01. The van der Waals surface area contributed by atoms with Gasteiger partial charge in [0.25, 0.3) is 0 Å². The van der Waals surface area contributed by atoms with Crippen LogP contribution >= 0.6 is 0 Å². The second-order valence-electron chi connectivity index (χ2n) is 4.84. The lowest BCUT2D eigenvalue weighted by atomic mass is 10.0. The maximum atomic E-state index is 13.1. The number of rotatable bonds is 5.